The van der Waals surface area contributed by atoms with Crippen LogP contribution in [0.2, 0.25) is 15.1 Å². The first-order valence-corrected chi connectivity index (χ1v) is 7.65. The third kappa shape index (κ3) is 4.39. The summed E-state index contributed by atoms with van der Waals surface area (Å²) in [5.41, 5.74) is 2.26. The zero-order valence-corrected chi connectivity index (χ0v) is 13.4. The summed E-state index contributed by atoms with van der Waals surface area (Å²) >= 11 is 18.1. The molecule has 0 aliphatic carbocycles. The van der Waals surface area contributed by atoms with Crippen LogP contribution in [0.3, 0.4) is 0 Å². The average molecular weight is 329 g/mol. The summed E-state index contributed by atoms with van der Waals surface area (Å²) in [5.74, 6) is 0. The predicted octanol–water partition coefficient (Wildman–Crippen LogP) is 5.89. The zero-order valence-electron chi connectivity index (χ0n) is 11.2. The van der Waals surface area contributed by atoms with E-state index in [-0.39, 0.29) is 6.04 Å². The van der Waals surface area contributed by atoms with Crippen LogP contribution in [0, 0.1) is 0 Å². The van der Waals surface area contributed by atoms with Crippen molar-refractivity contribution in [2.24, 2.45) is 0 Å². The van der Waals surface area contributed by atoms with Crippen molar-refractivity contribution >= 4 is 34.8 Å². The Bertz CT molecular complexity index is 563. The van der Waals surface area contributed by atoms with E-state index in [1.807, 2.05) is 30.3 Å². The van der Waals surface area contributed by atoms with Crippen LogP contribution < -0.4 is 5.32 Å². The van der Waals surface area contributed by atoms with Gasteiger partial charge in [-0.25, -0.2) is 0 Å². The second kappa shape index (κ2) is 7.33. The van der Waals surface area contributed by atoms with Crippen LogP contribution in [0.5, 0.6) is 0 Å². The minimum absolute atomic E-state index is 0.256. The molecule has 2 aromatic rings. The second-order valence-electron chi connectivity index (χ2n) is 4.67. The fourth-order valence-electron chi connectivity index (χ4n) is 2.18. The van der Waals surface area contributed by atoms with Gasteiger partial charge in [0.25, 0.3) is 0 Å². The summed E-state index contributed by atoms with van der Waals surface area (Å²) in [6.07, 6.45) is 0.981. The fourth-order valence-corrected chi connectivity index (χ4v) is 2.95. The Kier molecular flexibility index (Phi) is 5.74. The molecule has 4 heteroatoms. The monoisotopic (exact) mass is 327 g/mol. The Labute approximate surface area is 134 Å². The molecule has 0 heterocycles. The lowest BCUT2D eigenvalue weighted by molar-refractivity contribution is 0.519. The molecule has 1 nitrogen and oxygen atoms in total. The number of halogens is 3. The van der Waals surface area contributed by atoms with Gasteiger partial charge in [0.15, 0.2) is 0 Å². The van der Waals surface area contributed by atoms with Crippen molar-refractivity contribution in [3.05, 3.63) is 68.7 Å². The minimum Gasteiger partial charge on any atom is -0.306 e. The summed E-state index contributed by atoms with van der Waals surface area (Å²) in [4.78, 5) is 0. The number of nitrogens with one attached hydrogen (secondary N) is 1. The highest BCUT2D eigenvalue weighted by Gasteiger charge is 2.09. The van der Waals surface area contributed by atoms with E-state index in [1.54, 1.807) is 6.07 Å². The standard InChI is InChI=1S/C16H16Cl3N/c1-2-16(12-4-3-5-13(17)8-12)20-10-11-6-14(18)9-15(19)7-11/h3-9,16,20H,2,10H2,1H3. The molecule has 0 saturated carbocycles. The zero-order chi connectivity index (χ0) is 14.5. The summed E-state index contributed by atoms with van der Waals surface area (Å²) < 4.78 is 0. The Morgan fingerprint density at radius 2 is 1.65 bits per heavy atom. The molecule has 0 bridgehead atoms. The fraction of sp³-hybridized carbons (Fsp3) is 0.250. The predicted molar refractivity (Wildman–Crippen MR) is 87.8 cm³/mol. The molecule has 0 fully saturated rings. The van der Waals surface area contributed by atoms with E-state index in [2.05, 4.69) is 18.3 Å². The molecule has 0 spiro atoms. The lowest BCUT2D eigenvalue weighted by Gasteiger charge is -2.18. The molecular weight excluding hydrogens is 313 g/mol. The lowest BCUT2D eigenvalue weighted by Crippen LogP contribution is -2.20. The van der Waals surface area contributed by atoms with Gasteiger partial charge in [0.1, 0.15) is 0 Å². The highest BCUT2D eigenvalue weighted by atomic mass is 35.5. The van der Waals surface area contributed by atoms with Gasteiger partial charge in [-0.2, -0.15) is 0 Å². The average Bonchev–Trinajstić information content (AvgIpc) is 2.38. The molecule has 1 unspecified atom stereocenters. The van der Waals surface area contributed by atoms with Gasteiger partial charge < -0.3 is 5.32 Å². The molecule has 0 radical (unpaired) electrons. The van der Waals surface area contributed by atoms with Crippen molar-refractivity contribution in [2.45, 2.75) is 25.9 Å². The molecule has 1 N–H and O–H groups in total. The molecular formula is C16H16Cl3N. The van der Waals surface area contributed by atoms with E-state index in [0.29, 0.717) is 16.6 Å². The van der Waals surface area contributed by atoms with Crippen LogP contribution >= 0.6 is 34.8 Å². The van der Waals surface area contributed by atoms with E-state index < -0.39 is 0 Å². The van der Waals surface area contributed by atoms with E-state index in [4.69, 9.17) is 34.8 Å². The van der Waals surface area contributed by atoms with Crippen molar-refractivity contribution in [2.75, 3.05) is 0 Å². The van der Waals surface area contributed by atoms with Crippen molar-refractivity contribution < 1.29 is 0 Å². The van der Waals surface area contributed by atoms with Crippen molar-refractivity contribution in [1.82, 2.24) is 5.32 Å². The van der Waals surface area contributed by atoms with Gasteiger partial charge in [-0.1, -0.05) is 53.9 Å². The van der Waals surface area contributed by atoms with E-state index in [1.165, 1.54) is 5.56 Å². The van der Waals surface area contributed by atoms with Crippen molar-refractivity contribution in [3.63, 3.8) is 0 Å². The summed E-state index contributed by atoms with van der Waals surface area (Å²) in [6, 6.07) is 13.8. The minimum atomic E-state index is 0.256. The van der Waals surface area contributed by atoms with E-state index in [0.717, 1.165) is 17.0 Å². The largest absolute Gasteiger partial charge is 0.306 e. The van der Waals surface area contributed by atoms with E-state index in [9.17, 15) is 0 Å². The molecule has 0 aromatic heterocycles. The first-order valence-electron chi connectivity index (χ1n) is 6.52. The van der Waals surface area contributed by atoms with Gasteiger partial charge in [0, 0.05) is 27.7 Å². The number of benzene rings is 2. The Hall–Kier alpha value is -0.730. The Morgan fingerprint density at radius 1 is 0.950 bits per heavy atom. The third-order valence-corrected chi connectivity index (χ3v) is 3.81. The molecule has 0 aliphatic rings. The van der Waals surface area contributed by atoms with Gasteiger partial charge in [-0.3, -0.25) is 0 Å². The summed E-state index contributed by atoms with van der Waals surface area (Å²) in [5, 5.41) is 5.58. The van der Waals surface area contributed by atoms with Crippen LogP contribution in [0.25, 0.3) is 0 Å². The molecule has 106 valence electrons. The maximum absolute atomic E-state index is 6.04. The Balaban J connectivity index is 2.07. The van der Waals surface area contributed by atoms with Crippen LogP contribution in [-0.4, -0.2) is 0 Å². The van der Waals surface area contributed by atoms with Crippen LogP contribution in [0.15, 0.2) is 42.5 Å². The van der Waals surface area contributed by atoms with E-state index >= 15 is 0 Å². The molecule has 0 saturated heterocycles. The number of rotatable bonds is 5. The van der Waals surface area contributed by atoms with Gasteiger partial charge in [-0.15, -0.1) is 0 Å². The Morgan fingerprint density at radius 3 is 2.25 bits per heavy atom. The van der Waals surface area contributed by atoms with Crippen molar-refractivity contribution in [1.29, 1.82) is 0 Å². The van der Waals surface area contributed by atoms with Gasteiger partial charge in [0.05, 0.1) is 0 Å². The molecule has 2 rings (SSSR count). The maximum Gasteiger partial charge on any atom is 0.0424 e. The van der Waals surface area contributed by atoms with Gasteiger partial charge >= 0.3 is 0 Å². The molecule has 1 atom stereocenters. The van der Waals surface area contributed by atoms with Crippen LogP contribution in [-0.2, 0) is 6.54 Å². The third-order valence-electron chi connectivity index (χ3n) is 3.13. The SMILES string of the molecule is CCC(NCc1cc(Cl)cc(Cl)c1)c1cccc(Cl)c1. The number of hydrogen-bond donors (Lipinski definition) is 1. The normalized spacial score (nSPS) is 12.4. The van der Waals surface area contributed by atoms with Crippen LogP contribution in [0.4, 0.5) is 0 Å². The van der Waals surface area contributed by atoms with Gasteiger partial charge in [-0.05, 0) is 47.9 Å². The topological polar surface area (TPSA) is 12.0 Å². The highest BCUT2D eigenvalue weighted by molar-refractivity contribution is 6.34. The number of hydrogen-bond acceptors (Lipinski definition) is 1. The first-order chi connectivity index (χ1) is 9.58. The summed E-state index contributed by atoms with van der Waals surface area (Å²) in [7, 11) is 0. The second-order valence-corrected chi connectivity index (χ2v) is 5.98. The van der Waals surface area contributed by atoms with Crippen molar-refractivity contribution in [3.8, 4) is 0 Å². The maximum atomic E-state index is 6.04. The first kappa shape index (κ1) is 15.7. The molecule has 2 aromatic carbocycles. The van der Waals surface area contributed by atoms with Crippen LogP contribution in [0.1, 0.15) is 30.5 Å². The molecule has 0 aliphatic heterocycles. The molecule has 20 heavy (non-hydrogen) atoms. The molecule has 0 amide bonds. The lowest BCUT2D eigenvalue weighted by atomic mass is 10.0. The highest BCUT2D eigenvalue weighted by Crippen LogP contribution is 2.22. The smallest absolute Gasteiger partial charge is 0.0424 e. The quantitative estimate of drug-likeness (QED) is 0.722. The summed E-state index contributed by atoms with van der Waals surface area (Å²) in [6.45, 7) is 2.86. The van der Waals surface area contributed by atoms with Gasteiger partial charge in [0.2, 0.25) is 0 Å².